The highest BCUT2D eigenvalue weighted by Crippen LogP contribution is 2.21. The number of hydrogen-bond acceptors (Lipinski definition) is 5. The maximum Gasteiger partial charge on any atom is 0.207 e. The van der Waals surface area contributed by atoms with E-state index in [0.29, 0.717) is 15.7 Å². The lowest BCUT2D eigenvalue weighted by molar-refractivity contribution is 0.104. The Hall–Kier alpha value is -1.45. The van der Waals surface area contributed by atoms with E-state index < -0.39 is 0 Å². The predicted molar refractivity (Wildman–Crippen MR) is 107 cm³/mol. The van der Waals surface area contributed by atoms with E-state index >= 15 is 0 Å². The number of allylic oxidation sites excluding steroid dienone is 3. The zero-order valence-electron chi connectivity index (χ0n) is 12.8. The second kappa shape index (κ2) is 12.0. The van der Waals surface area contributed by atoms with Gasteiger partial charge in [0.2, 0.25) is 6.19 Å². The van der Waals surface area contributed by atoms with Crippen LogP contribution in [0.4, 0.5) is 0 Å². The molecule has 0 fully saturated rings. The number of rotatable bonds is 6. The van der Waals surface area contributed by atoms with Gasteiger partial charge in [0.15, 0.2) is 5.78 Å². The molecule has 1 aromatic rings. The Morgan fingerprint density at radius 1 is 1.29 bits per heavy atom. The number of hydrogen-bond donors (Lipinski definition) is 0. The minimum absolute atomic E-state index is 0.0950. The number of ketones is 1. The molecule has 7 heteroatoms. The lowest BCUT2D eigenvalue weighted by atomic mass is 10.1. The van der Waals surface area contributed by atoms with Crippen LogP contribution >= 0.6 is 46.7 Å². The van der Waals surface area contributed by atoms with Crippen molar-refractivity contribution in [3.63, 3.8) is 0 Å². The summed E-state index contributed by atoms with van der Waals surface area (Å²) in [5.74, 6) is 0.535. The molecule has 1 rings (SSSR count). The van der Waals surface area contributed by atoms with Gasteiger partial charge in [0.05, 0.1) is 0 Å². The Morgan fingerprint density at radius 2 is 2.00 bits per heavy atom. The molecule has 0 radical (unpaired) electrons. The summed E-state index contributed by atoms with van der Waals surface area (Å²) in [4.78, 5) is 15.7. The highest BCUT2D eigenvalue weighted by atomic mass is 35.5. The van der Waals surface area contributed by atoms with Crippen molar-refractivity contribution in [2.75, 3.05) is 5.75 Å². The summed E-state index contributed by atoms with van der Waals surface area (Å²) in [6, 6.07) is 8.97. The minimum atomic E-state index is -0.0950. The molecular formula is C17H14Cl2N2OS2. The van der Waals surface area contributed by atoms with E-state index in [0.717, 1.165) is 5.57 Å². The van der Waals surface area contributed by atoms with Gasteiger partial charge in [-0.25, -0.2) is 0 Å². The Bertz CT molecular complexity index is 716. The highest BCUT2D eigenvalue weighted by Gasteiger charge is 2.03. The van der Waals surface area contributed by atoms with Crippen LogP contribution in [0, 0.1) is 11.5 Å². The molecule has 0 aromatic heterocycles. The molecule has 1 aromatic carbocycles. The zero-order chi connectivity index (χ0) is 17.8. The molecule has 0 heterocycles. The molecule has 3 nitrogen and oxygen atoms in total. The lowest BCUT2D eigenvalue weighted by Gasteiger charge is -2.01. The van der Waals surface area contributed by atoms with Gasteiger partial charge < -0.3 is 0 Å². The minimum Gasteiger partial charge on any atom is -0.289 e. The third kappa shape index (κ3) is 8.99. The van der Waals surface area contributed by atoms with Crippen molar-refractivity contribution in [3.8, 4) is 6.19 Å². The molecule has 0 N–H and O–H groups in total. The van der Waals surface area contributed by atoms with E-state index in [4.69, 9.17) is 28.5 Å². The summed E-state index contributed by atoms with van der Waals surface area (Å²) in [6.45, 7) is 1.92. The number of thioether (sulfide) groups is 2. The van der Waals surface area contributed by atoms with Crippen LogP contribution in [-0.4, -0.2) is 15.9 Å². The second-order valence-electron chi connectivity index (χ2n) is 4.39. The van der Waals surface area contributed by atoms with Crippen LogP contribution in [0.2, 0.25) is 0 Å². The molecule has 24 heavy (non-hydrogen) atoms. The molecule has 0 saturated heterocycles. The number of nitriles is 1. The topological polar surface area (TPSA) is 53.2 Å². The molecule has 124 valence electrons. The number of nitrogens with zero attached hydrogens (tertiary/aromatic N) is 2. The van der Waals surface area contributed by atoms with Gasteiger partial charge in [-0.2, -0.15) is 10.3 Å². The van der Waals surface area contributed by atoms with Crippen LogP contribution in [0.15, 0.2) is 69.0 Å². The van der Waals surface area contributed by atoms with Gasteiger partial charge in [0.1, 0.15) is 8.87 Å². The summed E-state index contributed by atoms with van der Waals surface area (Å²) in [5, 5.41) is 10.4. The predicted octanol–water partition coefficient (Wildman–Crippen LogP) is 5.95. The van der Waals surface area contributed by atoms with E-state index in [1.807, 2.05) is 25.1 Å². The van der Waals surface area contributed by atoms with E-state index in [9.17, 15) is 4.79 Å². The standard InChI is InChI=1S/C17H14Cl2N2OS2/c1-13(7-8-16(18)19)11-24-17(21-12-20)23-10-9-15(22)14-5-3-2-4-6-14/h2-10H,11H2,1H3/b10-9+,13-7+,21-17?. The van der Waals surface area contributed by atoms with E-state index in [1.54, 1.807) is 35.9 Å². The van der Waals surface area contributed by atoms with Crippen LogP contribution in [0.25, 0.3) is 0 Å². The Labute approximate surface area is 160 Å². The molecule has 0 bridgehead atoms. The average molecular weight is 397 g/mol. The maximum atomic E-state index is 11.9. The summed E-state index contributed by atoms with van der Waals surface area (Å²) < 4.78 is 0.741. The SMILES string of the molecule is C/C(=C\C=C(Cl)Cl)CSC(=NC#N)S/C=C/C(=O)c1ccccc1. The van der Waals surface area contributed by atoms with Crippen LogP contribution in [0.5, 0.6) is 0 Å². The van der Waals surface area contributed by atoms with E-state index in [1.165, 1.54) is 29.6 Å². The smallest absolute Gasteiger partial charge is 0.207 e. The first-order valence-corrected chi connectivity index (χ1v) is 9.35. The third-order valence-corrected chi connectivity index (χ3v) is 4.90. The monoisotopic (exact) mass is 396 g/mol. The summed E-state index contributed by atoms with van der Waals surface area (Å²) >= 11 is 13.7. The van der Waals surface area contributed by atoms with E-state index in [2.05, 4.69) is 4.99 Å². The molecule has 0 aliphatic rings. The zero-order valence-corrected chi connectivity index (χ0v) is 15.9. The maximum absolute atomic E-state index is 11.9. The number of carbonyl (C=O) groups excluding carboxylic acids is 1. The number of carbonyl (C=O) groups is 1. The molecule has 0 amide bonds. The molecule has 0 spiro atoms. The first kappa shape index (κ1) is 20.6. The fraction of sp³-hybridized carbons (Fsp3) is 0.118. The largest absolute Gasteiger partial charge is 0.289 e. The van der Waals surface area contributed by atoms with Crippen molar-refractivity contribution in [1.29, 1.82) is 5.26 Å². The first-order chi connectivity index (χ1) is 11.5. The number of halogens is 2. The fourth-order valence-corrected chi connectivity index (χ4v) is 3.11. The third-order valence-electron chi connectivity index (χ3n) is 2.51. The van der Waals surface area contributed by atoms with Crippen molar-refractivity contribution >= 4 is 56.9 Å². The van der Waals surface area contributed by atoms with Crippen LogP contribution in [0.1, 0.15) is 17.3 Å². The van der Waals surface area contributed by atoms with Crippen molar-refractivity contribution in [1.82, 2.24) is 0 Å². The van der Waals surface area contributed by atoms with Crippen molar-refractivity contribution < 1.29 is 4.79 Å². The van der Waals surface area contributed by atoms with Gasteiger partial charge in [0, 0.05) is 11.3 Å². The van der Waals surface area contributed by atoms with E-state index in [-0.39, 0.29) is 10.3 Å². The van der Waals surface area contributed by atoms with Gasteiger partial charge in [0.25, 0.3) is 0 Å². The van der Waals surface area contributed by atoms with Crippen LogP contribution < -0.4 is 0 Å². The highest BCUT2D eigenvalue weighted by molar-refractivity contribution is 8.40. The normalized spacial score (nSPS) is 12.1. The Balaban J connectivity index is 2.58. The van der Waals surface area contributed by atoms with Gasteiger partial charge in [-0.3, -0.25) is 4.79 Å². The van der Waals surface area contributed by atoms with Crippen LogP contribution in [-0.2, 0) is 0 Å². The van der Waals surface area contributed by atoms with Gasteiger partial charge >= 0.3 is 0 Å². The van der Waals surface area contributed by atoms with Crippen molar-refractivity contribution in [2.24, 2.45) is 4.99 Å². The Morgan fingerprint density at radius 3 is 2.62 bits per heavy atom. The number of aliphatic imine (C=N–C) groups is 1. The second-order valence-corrected chi connectivity index (χ2v) is 7.51. The van der Waals surface area contributed by atoms with Gasteiger partial charge in [-0.1, -0.05) is 88.7 Å². The molecular weight excluding hydrogens is 383 g/mol. The number of benzene rings is 1. The summed E-state index contributed by atoms with van der Waals surface area (Å²) in [5.41, 5.74) is 1.64. The van der Waals surface area contributed by atoms with Gasteiger partial charge in [-0.05, 0) is 24.5 Å². The molecule has 0 aliphatic heterocycles. The quantitative estimate of drug-likeness (QED) is 0.149. The molecule has 0 aliphatic carbocycles. The fourth-order valence-electron chi connectivity index (χ4n) is 1.42. The molecule has 0 saturated carbocycles. The Kier molecular flexibility index (Phi) is 10.3. The van der Waals surface area contributed by atoms with Crippen LogP contribution in [0.3, 0.4) is 0 Å². The first-order valence-electron chi connectivity index (χ1n) is 6.73. The average Bonchev–Trinajstić information content (AvgIpc) is 2.58. The van der Waals surface area contributed by atoms with Crippen molar-refractivity contribution in [2.45, 2.75) is 6.92 Å². The van der Waals surface area contributed by atoms with Gasteiger partial charge in [-0.15, -0.1) is 0 Å². The summed E-state index contributed by atoms with van der Waals surface area (Å²) in [6.07, 6.45) is 6.62. The molecule has 0 unspecified atom stereocenters. The summed E-state index contributed by atoms with van der Waals surface area (Å²) in [7, 11) is 0. The molecule has 0 atom stereocenters. The van der Waals surface area contributed by atoms with Crippen molar-refractivity contribution in [3.05, 3.63) is 69.6 Å². The lowest BCUT2D eigenvalue weighted by Crippen LogP contribution is -1.93.